The second-order valence-electron chi connectivity index (χ2n) is 8.38. The van der Waals surface area contributed by atoms with E-state index in [1.807, 2.05) is 26.0 Å². The van der Waals surface area contributed by atoms with Crippen molar-refractivity contribution in [2.24, 2.45) is 15.9 Å². The van der Waals surface area contributed by atoms with Crippen LogP contribution < -0.4 is 5.56 Å². The largest absolute Gasteiger partial charge is 0.483 e. The summed E-state index contributed by atoms with van der Waals surface area (Å²) in [6, 6.07) is 8.63. The van der Waals surface area contributed by atoms with Crippen LogP contribution in [0.2, 0.25) is 10.0 Å². The average Bonchev–Trinajstić information content (AvgIpc) is 2.79. The van der Waals surface area contributed by atoms with Crippen LogP contribution in [0.25, 0.3) is 22.0 Å². The summed E-state index contributed by atoms with van der Waals surface area (Å²) in [7, 11) is 3.15. The van der Waals surface area contributed by atoms with E-state index in [1.165, 1.54) is 18.2 Å². The van der Waals surface area contributed by atoms with Crippen LogP contribution in [0.1, 0.15) is 19.4 Å². The molecule has 1 aliphatic rings. The van der Waals surface area contributed by atoms with Gasteiger partial charge in [0.05, 0.1) is 29.8 Å². The summed E-state index contributed by atoms with van der Waals surface area (Å²) in [5.74, 6) is 0.703. The lowest BCUT2D eigenvalue weighted by Crippen LogP contribution is -2.38. The zero-order valence-corrected chi connectivity index (χ0v) is 20.7. The highest BCUT2D eigenvalue weighted by molar-refractivity contribution is 6.39. The molecule has 0 amide bonds. The fourth-order valence-corrected chi connectivity index (χ4v) is 4.86. The van der Waals surface area contributed by atoms with Crippen LogP contribution in [0, 0.1) is 11.7 Å². The molecule has 6 nitrogen and oxygen atoms in total. The van der Waals surface area contributed by atoms with E-state index in [1.54, 1.807) is 20.3 Å². The molecule has 0 saturated heterocycles. The third-order valence-corrected chi connectivity index (χ3v) is 6.40. The van der Waals surface area contributed by atoms with Gasteiger partial charge in [0.15, 0.2) is 0 Å². The Morgan fingerprint density at radius 3 is 2.32 bits per heavy atom. The van der Waals surface area contributed by atoms with Crippen molar-refractivity contribution in [1.82, 2.24) is 4.98 Å². The van der Waals surface area contributed by atoms with Crippen molar-refractivity contribution in [1.29, 1.82) is 0 Å². The topological polar surface area (TPSA) is 76.0 Å². The van der Waals surface area contributed by atoms with Gasteiger partial charge in [-0.1, -0.05) is 49.2 Å². The number of aromatic amines is 1. The maximum absolute atomic E-state index is 13.8. The molecule has 2 atom stereocenters. The summed E-state index contributed by atoms with van der Waals surface area (Å²) in [5.41, 5.74) is 2.34. The Hall–Kier alpha value is -2.90. The predicted molar refractivity (Wildman–Crippen MR) is 135 cm³/mol. The molecular weight excluding hydrogens is 480 g/mol. The number of nitrogens with zero attached hydrogens (tertiary/aromatic N) is 2. The van der Waals surface area contributed by atoms with E-state index < -0.39 is 11.9 Å². The lowest BCUT2D eigenvalue weighted by atomic mass is 9.94. The molecule has 1 aliphatic heterocycles. The highest BCUT2D eigenvalue weighted by atomic mass is 35.5. The first-order valence-electron chi connectivity index (χ1n) is 10.8. The lowest BCUT2D eigenvalue weighted by Gasteiger charge is -2.27. The van der Waals surface area contributed by atoms with Gasteiger partial charge in [0.25, 0.3) is 0 Å². The number of benzene rings is 2. The fourth-order valence-electron chi connectivity index (χ4n) is 4.20. The van der Waals surface area contributed by atoms with Gasteiger partial charge < -0.3 is 14.5 Å². The molecule has 0 fully saturated rings. The van der Waals surface area contributed by atoms with Crippen LogP contribution in [0.4, 0.5) is 4.39 Å². The molecule has 3 aromatic rings. The second kappa shape index (κ2) is 9.76. The van der Waals surface area contributed by atoms with Gasteiger partial charge in [0, 0.05) is 23.4 Å². The Morgan fingerprint density at radius 2 is 1.71 bits per heavy atom. The molecule has 0 spiro atoms. The van der Waals surface area contributed by atoms with Crippen molar-refractivity contribution in [3.8, 4) is 11.1 Å². The van der Waals surface area contributed by atoms with Gasteiger partial charge in [0.2, 0.25) is 17.4 Å². The van der Waals surface area contributed by atoms with Crippen LogP contribution in [0.15, 0.2) is 51.2 Å². The smallest absolute Gasteiger partial charge is 0.248 e. The minimum Gasteiger partial charge on any atom is -0.483 e. The standard InChI is InChI=1S/C25H24Cl2FN3O3/c1-12(2)22-25(34-4)29-19(24(31-22)33-3)9-13-5-6-15(16-7-8-20(32)30-23(13)16)21-17(26)10-14(28)11-18(21)27/h5-8,10-12,19,22H,9H2,1-4H3,(H,30,32)/t19-,22+/m0/s1. The SMILES string of the molecule is COC1=N[C@H](C(C)C)C(OC)=N[C@H]1Cc1ccc(-c2c(Cl)cc(F)cc2Cl)c2ccc(=O)[nH]c12. The summed E-state index contributed by atoms with van der Waals surface area (Å²) in [6.07, 6.45) is 0.409. The first-order valence-corrected chi connectivity index (χ1v) is 11.5. The molecule has 2 aromatic carbocycles. The van der Waals surface area contributed by atoms with E-state index in [2.05, 4.69) is 4.98 Å². The first-order chi connectivity index (χ1) is 16.2. The van der Waals surface area contributed by atoms with Gasteiger partial charge in [0.1, 0.15) is 17.9 Å². The summed E-state index contributed by atoms with van der Waals surface area (Å²) >= 11 is 12.7. The molecule has 0 aliphatic carbocycles. The van der Waals surface area contributed by atoms with Gasteiger partial charge in [-0.3, -0.25) is 4.79 Å². The van der Waals surface area contributed by atoms with Crippen molar-refractivity contribution in [3.63, 3.8) is 0 Å². The average molecular weight is 504 g/mol. The Morgan fingerprint density at radius 1 is 1.03 bits per heavy atom. The fraction of sp³-hybridized carbons (Fsp3) is 0.320. The van der Waals surface area contributed by atoms with Gasteiger partial charge in [-0.2, -0.15) is 0 Å². The Kier molecular flexibility index (Phi) is 6.96. The molecule has 2 heterocycles. The molecule has 0 saturated carbocycles. The third kappa shape index (κ3) is 4.55. The van der Waals surface area contributed by atoms with Gasteiger partial charge in [-0.15, -0.1) is 0 Å². The van der Waals surface area contributed by atoms with E-state index in [0.717, 1.165) is 10.9 Å². The first kappa shape index (κ1) is 24.2. The molecule has 4 rings (SSSR count). The minimum absolute atomic E-state index is 0.181. The number of methoxy groups -OCH3 is 2. The number of nitrogens with one attached hydrogen (secondary N) is 1. The number of aliphatic imine (C=N–C) groups is 2. The number of H-pyrrole nitrogens is 1. The number of halogens is 3. The quantitative estimate of drug-likeness (QED) is 0.497. The van der Waals surface area contributed by atoms with E-state index in [0.29, 0.717) is 34.9 Å². The van der Waals surface area contributed by atoms with Crippen molar-refractivity contribution < 1.29 is 13.9 Å². The number of rotatable bonds is 4. The number of aromatic nitrogens is 1. The molecule has 0 unspecified atom stereocenters. The minimum atomic E-state index is -0.525. The van der Waals surface area contributed by atoms with Gasteiger partial charge in [-0.05, 0) is 35.2 Å². The number of hydrogen-bond acceptors (Lipinski definition) is 5. The van der Waals surface area contributed by atoms with Gasteiger partial charge >= 0.3 is 0 Å². The second-order valence-corrected chi connectivity index (χ2v) is 9.19. The van der Waals surface area contributed by atoms with Crippen LogP contribution in [-0.2, 0) is 15.9 Å². The van der Waals surface area contributed by atoms with E-state index >= 15 is 0 Å². The van der Waals surface area contributed by atoms with Crippen LogP contribution >= 0.6 is 23.2 Å². The maximum Gasteiger partial charge on any atom is 0.248 e. The third-order valence-electron chi connectivity index (χ3n) is 5.81. The number of pyridine rings is 1. The Balaban J connectivity index is 1.84. The van der Waals surface area contributed by atoms with E-state index in [9.17, 15) is 9.18 Å². The normalized spacial score (nSPS) is 18.1. The molecule has 178 valence electrons. The zero-order valence-electron chi connectivity index (χ0n) is 19.2. The summed E-state index contributed by atoms with van der Waals surface area (Å²) in [4.78, 5) is 24.6. The maximum atomic E-state index is 13.8. The molecule has 0 bridgehead atoms. The van der Waals surface area contributed by atoms with Gasteiger partial charge in [-0.25, -0.2) is 14.4 Å². The number of ether oxygens (including phenoxy) is 2. The molecule has 9 heteroatoms. The van der Waals surface area contributed by atoms with Crippen molar-refractivity contribution >= 4 is 45.9 Å². The zero-order chi connectivity index (χ0) is 24.6. The molecular formula is C25H24Cl2FN3O3. The van der Waals surface area contributed by atoms with Crippen molar-refractivity contribution in [2.45, 2.75) is 32.4 Å². The highest BCUT2D eigenvalue weighted by Crippen LogP contribution is 2.39. The van der Waals surface area contributed by atoms with E-state index in [-0.39, 0.29) is 27.6 Å². The number of fused-ring (bicyclic) bond motifs is 1. The monoisotopic (exact) mass is 503 g/mol. The lowest BCUT2D eigenvalue weighted by molar-refractivity contribution is 0.333. The Labute approximate surface area is 206 Å². The molecule has 34 heavy (non-hydrogen) atoms. The summed E-state index contributed by atoms with van der Waals surface area (Å²) in [6.45, 7) is 4.08. The molecule has 1 N–H and O–H groups in total. The number of hydrogen-bond donors (Lipinski definition) is 1. The van der Waals surface area contributed by atoms with Crippen LogP contribution in [0.5, 0.6) is 0 Å². The van der Waals surface area contributed by atoms with Crippen LogP contribution in [0.3, 0.4) is 0 Å². The van der Waals surface area contributed by atoms with Crippen LogP contribution in [-0.4, -0.2) is 43.1 Å². The highest BCUT2D eigenvalue weighted by Gasteiger charge is 2.31. The molecule has 1 aromatic heterocycles. The molecule has 0 radical (unpaired) electrons. The summed E-state index contributed by atoms with van der Waals surface area (Å²) < 4.78 is 24.8. The predicted octanol–water partition coefficient (Wildman–Crippen LogP) is 5.68. The Bertz CT molecular complexity index is 1340. The van der Waals surface area contributed by atoms with Crippen molar-refractivity contribution in [3.05, 3.63) is 68.2 Å². The summed E-state index contributed by atoms with van der Waals surface area (Å²) in [5, 5.41) is 1.08. The van der Waals surface area contributed by atoms with E-state index in [4.69, 9.17) is 42.7 Å². The van der Waals surface area contributed by atoms with Crippen molar-refractivity contribution in [2.75, 3.05) is 14.2 Å².